The van der Waals surface area contributed by atoms with Crippen molar-refractivity contribution in [1.29, 1.82) is 0 Å². The van der Waals surface area contributed by atoms with Gasteiger partial charge in [-0.1, -0.05) is 36.4 Å². The van der Waals surface area contributed by atoms with E-state index in [-0.39, 0.29) is 18.7 Å². The van der Waals surface area contributed by atoms with Gasteiger partial charge in [0.15, 0.2) is 0 Å². The normalized spacial score (nSPS) is 12.9. The van der Waals surface area contributed by atoms with Gasteiger partial charge in [0, 0.05) is 6.54 Å². The van der Waals surface area contributed by atoms with Crippen LogP contribution in [0.2, 0.25) is 0 Å². The van der Waals surface area contributed by atoms with Crippen LogP contribution in [-0.2, 0) is 11.3 Å². The van der Waals surface area contributed by atoms with Gasteiger partial charge in [-0.15, -0.1) is 0 Å². The molecular weight excluding hydrogens is 345 g/mol. The number of hydrogen-bond acceptors (Lipinski definition) is 5. The molecule has 0 aliphatic heterocycles. The molecule has 0 aliphatic rings. The van der Waals surface area contributed by atoms with Crippen LogP contribution in [0, 0.1) is 5.82 Å². The molecule has 138 valence electrons. The van der Waals surface area contributed by atoms with E-state index in [1.807, 2.05) is 6.07 Å². The summed E-state index contributed by atoms with van der Waals surface area (Å²) >= 11 is 0. The van der Waals surface area contributed by atoms with Gasteiger partial charge in [-0.05, 0) is 23.3 Å². The van der Waals surface area contributed by atoms with Gasteiger partial charge in [-0.25, -0.2) is 14.0 Å². The Bertz CT molecular complexity index is 768. The number of carboxylic acid groups (broad SMARTS) is 1. The lowest BCUT2D eigenvalue weighted by Gasteiger charge is -2.19. The molecule has 1 amide bonds. The van der Waals surface area contributed by atoms with Gasteiger partial charge < -0.3 is 25.4 Å². The van der Waals surface area contributed by atoms with E-state index in [0.717, 1.165) is 17.7 Å². The summed E-state index contributed by atoms with van der Waals surface area (Å²) in [5.74, 6) is -2.47. The third-order valence-electron chi connectivity index (χ3n) is 3.60. The molecule has 0 saturated carbocycles. The van der Waals surface area contributed by atoms with Crippen LogP contribution in [0.25, 0.3) is 0 Å². The predicted octanol–water partition coefficient (Wildman–Crippen LogP) is 1.84. The lowest BCUT2D eigenvalue weighted by Crippen LogP contribution is -2.35. The maximum atomic E-state index is 13.6. The van der Waals surface area contributed by atoms with Crippen LogP contribution in [0.5, 0.6) is 0 Å². The minimum Gasteiger partial charge on any atom is -0.478 e. The summed E-state index contributed by atoms with van der Waals surface area (Å²) in [6, 6.07) is 12.0. The van der Waals surface area contributed by atoms with E-state index in [9.17, 15) is 24.2 Å². The molecule has 26 heavy (non-hydrogen) atoms. The molecule has 2 unspecified atom stereocenters. The Balaban J connectivity index is 1.84. The van der Waals surface area contributed by atoms with Crippen LogP contribution in [0.15, 0.2) is 48.5 Å². The van der Waals surface area contributed by atoms with E-state index in [2.05, 4.69) is 5.32 Å². The zero-order valence-corrected chi connectivity index (χ0v) is 13.6. The second-order valence-corrected chi connectivity index (χ2v) is 5.50. The second-order valence-electron chi connectivity index (χ2n) is 5.50. The predicted molar refractivity (Wildman–Crippen MR) is 89.0 cm³/mol. The van der Waals surface area contributed by atoms with E-state index in [1.165, 1.54) is 6.07 Å². The summed E-state index contributed by atoms with van der Waals surface area (Å²) < 4.78 is 18.6. The molecule has 0 heterocycles. The third kappa shape index (κ3) is 5.27. The number of aromatic carboxylic acids is 1. The molecule has 7 nitrogen and oxygen atoms in total. The molecule has 8 heteroatoms. The third-order valence-corrected chi connectivity index (χ3v) is 3.60. The van der Waals surface area contributed by atoms with E-state index in [4.69, 9.17) is 9.84 Å². The number of hydrogen-bond donors (Lipinski definition) is 4. The Morgan fingerprint density at radius 1 is 1.12 bits per heavy atom. The number of alkyl carbamates (subject to hydrolysis) is 1. The summed E-state index contributed by atoms with van der Waals surface area (Å²) in [5, 5.41) is 31.0. The maximum absolute atomic E-state index is 13.6. The molecule has 2 rings (SSSR count). The summed E-state index contributed by atoms with van der Waals surface area (Å²) in [6.07, 6.45) is -3.73. The first-order valence-electron chi connectivity index (χ1n) is 7.72. The molecule has 0 aromatic heterocycles. The van der Waals surface area contributed by atoms with Crippen molar-refractivity contribution < 1.29 is 34.0 Å². The minimum atomic E-state index is -1.51. The molecule has 0 fully saturated rings. The average Bonchev–Trinajstić information content (AvgIpc) is 2.64. The van der Waals surface area contributed by atoms with Crippen molar-refractivity contribution >= 4 is 12.1 Å². The minimum absolute atomic E-state index is 0.0144. The van der Waals surface area contributed by atoms with Gasteiger partial charge in [-0.3, -0.25) is 0 Å². The van der Waals surface area contributed by atoms with E-state index >= 15 is 0 Å². The average molecular weight is 363 g/mol. The second kappa shape index (κ2) is 8.93. The molecule has 2 atom stereocenters. The Labute approximate surface area is 148 Å². The number of amides is 1. The first-order chi connectivity index (χ1) is 12.4. The number of halogens is 1. The Morgan fingerprint density at radius 2 is 1.81 bits per heavy atom. The highest BCUT2D eigenvalue weighted by atomic mass is 19.1. The smallest absolute Gasteiger partial charge is 0.407 e. The van der Waals surface area contributed by atoms with Crippen LogP contribution >= 0.6 is 0 Å². The van der Waals surface area contributed by atoms with E-state index < -0.39 is 35.7 Å². The summed E-state index contributed by atoms with van der Waals surface area (Å²) in [6.45, 7) is -0.287. The van der Waals surface area contributed by atoms with Gasteiger partial charge in [0.05, 0.1) is 5.56 Å². The molecule has 0 aliphatic carbocycles. The fraction of sp³-hybridized carbons (Fsp3) is 0.222. The van der Waals surface area contributed by atoms with Gasteiger partial charge >= 0.3 is 12.1 Å². The fourth-order valence-electron chi connectivity index (χ4n) is 2.18. The van der Waals surface area contributed by atoms with Crippen LogP contribution in [0.3, 0.4) is 0 Å². The number of aliphatic hydroxyl groups excluding tert-OH is 2. The lowest BCUT2D eigenvalue weighted by atomic mass is 10.0. The number of ether oxygens (including phenoxy) is 1. The number of carboxylic acids is 1. The van der Waals surface area contributed by atoms with Crippen molar-refractivity contribution in [3.8, 4) is 0 Å². The molecule has 0 bridgehead atoms. The van der Waals surface area contributed by atoms with Crippen LogP contribution < -0.4 is 5.32 Å². The van der Waals surface area contributed by atoms with Crippen LogP contribution in [0.1, 0.15) is 27.6 Å². The first-order valence-corrected chi connectivity index (χ1v) is 7.72. The topological polar surface area (TPSA) is 116 Å². The van der Waals surface area contributed by atoms with Crippen molar-refractivity contribution in [2.24, 2.45) is 0 Å². The van der Waals surface area contributed by atoms with Crippen molar-refractivity contribution in [2.75, 3.05) is 6.54 Å². The van der Waals surface area contributed by atoms with Gasteiger partial charge in [-0.2, -0.15) is 0 Å². The number of rotatable bonds is 7. The molecule has 0 saturated heterocycles. The van der Waals surface area contributed by atoms with Crippen molar-refractivity contribution in [3.05, 3.63) is 71.0 Å². The zero-order valence-electron chi connectivity index (χ0n) is 13.6. The van der Waals surface area contributed by atoms with Crippen molar-refractivity contribution in [1.82, 2.24) is 5.32 Å². The van der Waals surface area contributed by atoms with Gasteiger partial charge in [0.1, 0.15) is 24.6 Å². The van der Waals surface area contributed by atoms with E-state index in [0.29, 0.717) is 0 Å². The largest absolute Gasteiger partial charge is 0.478 e. The summed E-state index contributed by atoms with van der Waals surface area (Å²) in [4.78, 5) is 22.4. The standard InChI is InChI=1S/C18H18FNO6/c19-14-8-12(6-7-13(14)17(23)24)16(22)15(21)9-20-18(25)26-10-11-4-2-1-3-5-11/h1-8,15-16,21-22H,9-10H2,(H,20,25)(H,23,24). The summed E-state index contributed by atoms with van der Waals surface area (Å²) in [7, 11) is 0. The highest BCUT2D eigenvalue weighted by Gasteiger charge is 2.21. The number of benzene rings is 2. The Hall–Kier alpha value is -2.97. The SMILES string of the molecule is O=C(NCC(O)C(O)c1ccc(C(=O)O)c(F)c1)OCc1ccccc1. The number of carbonyl (C=O) groups is 2. The van der Waals surface area contributed by atoms with Gasteiger partial charge in [0.2, 0.25) is 0 Å². The molecule has 4 N–H and O–H groups in total. The highest BCUT2D eigenvalue weighted by Crippen LogP contribution is 2.20. The Morgan fingerprint density at radius 3 is 2.42 bits per heavy atom. The number of nitrogens with one attached hydrogen (secondary N) is 1. The van der Waals surface area contributed by atoms with Crippen molar-refractivity contribution in [3.63, 3.8) is 0 Å². The zero-order chi connectivity index (χ0) is 19.1. The maximum Gasteiger partial charge on any atom is 0.407 e. The van der Waals surface area contributed by atoms with Crippen molar-refractivity contribution in [2.45, 2.75) is 18.8 Å². The fourth-order valence-corrected chi connectivity index (χ4v) is 2.18. The number of carbonyl (C=O) groups excluding carboxylic acids is 1. The summed E-state index contributed by atoms with van der Waals surface area (Å²) in [5.41, 5.74) is 0.231. The molecular formula is C18H18FNO6. The van der Waals surface area contributed by atoms with E-state index in [1.54, 1.807) is 24.3 Å². The quantitative estimate of drug-likeness (QED) is 0.597. The lowest BCUT2D eigenvalue weighted by molar-refractivity contribution is 0.0182. The monoisotopic (exact) mass is 363 g/mol. The molecule has 2 aromatic rings. The highest BCUT2D eigenvalue weighted by molar-refractivity contribution is 5.87. The molecule has 0 radical (unpaired) electrons. The number of aliphatic hydroxyl groups is 2. The van der Waals surface area contributed by atoms with Crippen LogP contribution in [-0.4, -0.2) is 40.0 Å². The molecule has 2 aromatic carbocycles. The first kappa shape index (κ1) is 19.4. The molecule has 0 spiro atoms. The van der Waals surface area contributed by atoms with Gasteiger partial charge in [0.25, 0.3) is 0 Å². The Kier molecular flexibility index (Phi) is 6.65. The van der Waals surface area contributed by atoms with Crippen LogP contribution in [0.4, 0.5) is 9.18 Å².